The number of likely N-dealkylation sites (tertiary alicyclic amines) is 1. The third kappa shape index (κ3) is 3.69. The second kappa shape index (κ2) is 6.97. The van der Waals surface area contributed by atoms with E-state index in [2.05, 4.69) is 48.3 Å². The summed E-state index contributed by atoms with van der Waals surface area (Å²) in [5.41, 5.74) is 4.17. The molecule has 0 saturated carbocycles. The summed E-state index contributed by atoms with van der Waals surface area (Å²) in [5.74, 6) is 0. The van der Waals surface area contributed by atoms with Crippen LogP contribution in [0.4, 0.5) is 10.5 Å². The molecule has 1 aromatic heterocycles. The van der Waals surface area contributed by atoms with E-state index in [1.54, 1.807) is 0 Å². The van der Waals surface area contributed by atoms with E-state index in [1.807, 2.05) is 30.0 Å². The zero-order chi connectivity index (χ0) is 19.0. The molecule has 1 N–H and O–H groups in total. The van der Waals surface area contributed by atoms with Crippen molar-refractivity contribution < 1.29 is 4.79 Å². The molecule has 142 valence electrons. The van der Waals surface area contributed by atoms with Crippen LogP contribution >= 0.6 is 0 Å². The molecule has 5 nitrogen and oxygen atoms in total. The number of aromatic nitrogens is 1. The molecule has 5 heteroatoms. The van der Waals surface area contributed by atoms with Gasteiger partial charge in [0.2, 0.25) is 0 Å². The second-order valence-corrected chi connectivity index (χ2v) is 8.45. The predicted octanol–water partition coefficient (Wildman–Crippen LogP) is 3.47. The maximum absolute atomic E-state index is 13.0. The Balaban J connectivity index is 1.39. The number of fused-ring (bicyclic) bond motifs is 1. The smallest absolute Gasteiger partial charge is 0.322 e. The molecule has 0 radical (unpaired) electrons. The van der Waals surface area contributed by atoms with Gasteiger partial charge in [0.05, 0.1) is 11.4 Å². The molecular formula is C22H28N4O. The Morgan fingerprint density at radius 1 is 1.22 bits per heavy atom. The van der Waals surface area contributed by atoms with E-state index in [0.717, 1.165) is 43.1 Å². The summed E-state index contributed by atoms with van der Waals surface area (Å²) in [6.07, 6.45) is 0.995. The first-order chi connectivity index (χ1) is 12.9. The Bertz CT molecular complexity index is 833. The van der Waals surface area contributed by atoms with Crippen LogP contribution in [-0.2, 0) is 12.0 Å². The summed E-state index contributed by atoms with van der Waals surface area (Å²) < 4.78 is 0. The maximum Gasteiger partial charge on any atom is 0.322 e. The fourth-order valence-corrected chi connectivity index (χ4v) is 4.19. The number of urea groups is 1. The minimum Gasteiger partial charge on any atom is -0.334 e. The van der Waals surface area contributed by atoms with Gasteiger partial charge in [-0.2, -0.15) is 0 Å². The lowest BCUT2D eigenvalue weighted by Gasteiger charge is -2.23. The van der Waals surface area contributed by atoms with Crippen LogP contribution in [0.1, 0.15) is 37.2 Å². The summed E-state index contributed by atoms with van der Waals surface area (Å²) in [7, 11) is 0. The number of benzene rings is 1. The highest BCUT2D eigenvalue weighted by atomic mass is 16.2. The fraction of sp³-hybridized carbons (Fsp3) is 0.455. The Morgan fingerprint density at radius 2 is 2.00 bits per heavy atom. The number of nitrogens with one attached hydrogen (secondary N) is 1. The Hall–Kier alpha value is -2.40. The SMILES string of the molecule is Cc1ccc2c(n1)C(C)(C)CN2C(=O)N[C@@H]1CCN(Cc2ccccc2)C1. The molecule has 27 heavy (non-hydrogen) atoms. The lowest BCUT2D eigenvalue weighted by atomic mass is 9.91. The van der Waals surface area contributed by atoms with E-state index in [4.69, 9.17) is 4.98 Å². The first-order valence-electron chi connectivity index (χ1n) is 9.75. The number of pyridine rings is 1. The van der Waals surface area contributed by atoms with Crippen LogP contribution in [0.5, 0.6) is 0 Å². The molecule has 1 atom stereocenters. The van der Waals surface area contributed by atoms with Gasteiger partial charge in [0, 0.05) is 43.3 Å². The molecule has 0 unspecified atom stereocenters. The molecule has 2 aliphatic rings. The number of nitrogens with zero attached hydrogens (tertiary/aromatic N) is 3. The van der Waals surface area contributed by atoms with Gasteiger partial charge in [0.15, 0.2) is 0 Å². The summed E-state index contributed by atoms with van der Waals surface area (Å²) in [6.45, 7) is 9.84. The van der Waals surface area contributed by atoms with Gasteiger partial charge in [0.25, 0.3) is 0 Å². The van der Waals surface area contributed by atoms with Gasteiger partial charge in [-0.25, -0.2) is 4.79 Å². The third-order valence-electron chi connectivity index (χ3n) is 5.59. The van der Waals surface area contributed by atoms with Crippen LogP contribution in [0, 0.1) is 6.92 Å². The number of carbonyl (C=O) groups excluding carboxylic acids is 1. The minimum absolute atomic E-state index is 0.000890. The van der Waals surface area contributed by atoms with E-state index >= 15 is 0 Å². The Morgan fingerprint density at radius 3 is 2.78 bits per heavy atom. The van der Waals surface area contributed by atoms with Gasteiger partial charge in [-0.05, 0) is 31.0 Å². The topological polar surface area (TPSA) is 48.5 Å². The summed E-state index contributed by atoms with van der Waals surface area (Å²) >= 11 is 0. The zero-order valence-electron chi connectivity index (χ0n) is 16.4. The van der Waals surface area contributed by atoms with Crippen molar-refractivity contribution in [2.75, 3.05) is 24.5 Å². The molecule has 0 spiro atoms. The van der Waals surface area contributed by atoms with Crippen LogP contribution in [-0.4, -0.2) is 41.6 Å². The van der Waals surface area contributed by atoms with E-state index in [-0.39, 0.29) is 17.5 Å². The summed E-state index contributed by atoms with van der Waals surface area (Å²) in [6, 6.07) is 14.7. The first-order valence-corrected chi connectivity index (χ1v) is 9.75. The minimum atomic E-state index is -0.117. The van der Waals surface area contributed by atoms with Crippen LogP contribution < -0.4 is 10.2 Å². The number of carbonyl (C=O) groups is 1. The number of amides is 2. The molecule has 2 amide bonds. The van der Waals surface area contributed by atoms with Crippen molar-refractivity contribution >= 4 is 11.7 Å². The highest BCUT2D eigenvalue weighted by Gasteiger charge is 2.40. The molecular weight excluding hydrogens is 336 g/mol. The predicted molar refractivity (Wildman–Crippen MR) is 108 cm³/mol. The third-order valence-corrected chi connectivity index (χ3v) is 5.59. The molecule has 0 bridgehead atoms. The van der Waals surface area contributed by atoms with Crippen molar-refractivity contribution in [1.29, 1.82) is 0 Å². The Kier molecular flexibility index (Phi) is 4.64. The molecule has 3 heterocycles. The quantitative estimate of drug-likeness (QED) is 0.907. The van der Waals surface area contributed by atoms with E-state index in [9.17, 15) is 4.79 Å². The van der Waals surface area contributed by atoms with E-state index in [1.165, 1.54) is 5.56 Å². The van der Waals surface area contributed by atoms with Crippen LogP contribution in [0.15, 0.2) is 42.5 Å². The monoisotopic (exact) mass is 364 g/mol. The maximum atomic E-state index is 13.0. The average Bonchev–Trinajstić information content (AvgIpc) is 3.18. The van der Waals surface area contributed by atoms with Crippen molar-refractivity contribution in [3.63, 3.8) is 0 Å². The Labute approximate surface area is 161 Å². The standard InChI is InChI=1S/C22H28N4O/c1-16-9-10-19-20(23-16)22(2,3)15-26(19)21(27)24-18-11-12-25(14-18)13-17-7-5-4-6-8-17/h4-10,18H,11-15H2,1-3H3,(H,24,27)/t18-/m1/s1. The summed E-state index contributed by atoms with van der Waals surface area (Å²) in [4.78, 5) is 21.9. The molecule has 2 aliphatic heterocycles. The van der Waals surface area contributed by atoms with Gasteiger partial charge in [-0.15, -0.1) is 0 Å². The average molecular weight is 364 g/mol. The number of rotatable bonds is 3. The largest absolute Gasteiger partial charge is 0.334 e. The van der Waals surface area contributed by atoms with Gasteiger partial charge < -0.3 is 5.32 Å². The van der Waals surface area contributed by atoms with E-state index in [0.29, 0.717) is 6.54 Å². The lowest BCUT2D eigenvalue weighted by Crippen LogP contribution is -2.46. The van der Waals surface area contributed by atoms with Crippen molar-refractivity contribution in [2.24, 2.45) is 0 Å². The zero-order valence-corrected chi connectivity index (χ0v) is 16.4. The van der Waals surface area contributed by atoms with Crippen molar-refractivity contribution in [1.82, 2.24) is 15.2 Å². The number of aryl methyl sites for hydroxylation is 1. The van der Waals surface area contributed by atoms with Gasteiger partial charge in [-0.1, -0.05) is 44.2 Å². The van der Waals surface area contributed by atoms with Crippen LogP contribution in [0.2, 0.25) is 0 Å². The second-order valence-electron chi connectivity index (χ2n) is 8.45. The van der Waals surface area contributed by atoms with Gasteiger partial charge >= 0.3 is 6.03 Å². The fourth-order valence-electron chi connectivity index (χ4n) is 4.19. The molecule has 1 saturated heterocycles. The van der Waals surface area contributed by atoms with Crippen LogP contribution in [0.3, 0.4) is 0 Å². The number of hydrogen-bond donors (Lipinski definition) is 1. The molecule has 1 aromatic carbocycles. The van der Waals surface area contributed by atoms with E-state index < -0.39 is 0 Å². The molecule has 0 aliphatic carbocycles. The number of hydrogen-bond acceptors (Lipinski definition) is 3. The van der Waals surface area contributed by atoms with Crippen molar-refractivity contribution in [3.05, 3.63) is 59.4 Å². The van der Waals surface area contributed by atoms with Gasteiger partial charge in [0.1, 0.15) is 0 Å². The summed E-state index contributed by atoms with van der Waals surface area (Å²) in [5, 5.41) is 3.25. The molecule has 2 aromatic rings. The van der Waals surface area contributed by atoms with Crippen LogP contribution in [0.25, 0.3) is 0 Å². The normalized spacial score (nSPS) is 21.3. The lowest BCUT2D eigenvalue weighted by molar-refractivity contribution is 0.241. The molecule has 4 rings (SSSR count). The first kappa shape index (κ1) is 18.0. The highest BCUT2D eigenvalue weighted by molar-refractivity contribution is 5.94. The van der Waals surface area contributed by atoms with Gasteiger partial charge in [-0.3, -0.25) is 14.8 Å². The molecule has 1 fully saturated rings. The number of anilines is 1. The van der Waals surface area contributed by atoms with Crippen molar-refractivity contribution in [2.45, 2.75) is 45.2 Å². The highest BCUT2D eigenvalue weighted by Crippen LogP contribution is 2.39. The van der Waals surface area contributed by atoms with Crippen molar-refractivity contribution in [3.8, 4) is 0 Å².